The van der Waals surface area contributed by atoms with Gasteiger partial charge in [-0.2, -0.15) is 0 Å². The Balaban J connectivity index is 1.84. The molecule has 3 amide bonds. The van der Waals surface area contributed by atoms with Crippen LogP contribution in [0.4, 0.5) is 0 Å². The molecule has 0 saturated heterocycles. The number of nitrogens with zero attached hydrogens (tertiary/aromatic N) is 2. The molecule has 0 aromatic heterocycles. The summed E-state index contributed by atoms with van der Waals surface area (Å²) in [6, 6.07) is 12.9. The minimum absolute atomic E-state index is 0.0510. The van der Waals surface area contributed by atoms with Crippen LogP contribution in [-0.4, -0.2) is 53.5 Å². The van der Waals surface area contributed by atoms with Crippen LogP contribution in [0.1, 0.15) is 62.0 Å². The van der Waals surface area contributed by atoms with Crippen molar-refractivity contribution in [3.63, 3.8) is 0 Å². The molecule has 0 aliphatic carbocycles. The number of carbonyl (C=O) groups is 3. The third-order valence-electron chi connectivity index (χ3n) is 5.80. The summed E-state index contributed by atoms with van der Waals surface area (Å²) in [6.45, 7) is 9.28. The lowest BCUT2D eigenvalue weighted by Crippen LogP contribution is -2.53. The van der Waals surface area contributed by atoms with Crippen LogP contribution in [0, 0.1) is 6.92 Å². The van der Waals surface area contributed by atoms with Gasteiger partial charge in [0.15, 0.2) is 0 Å². The van der Waals surface area contributed by atoms with Crippen LogP contribution < -0.4 is 5.32 Å². The van der Waals surface area contributed by atoms with Crippen molar-refractivity contribution in [1.82, 2.24) is 14.5 Å². The normalized spacial score (nSPS) is 15.5. The highest BCUT2D eigenvalue weighted by Crippen LogP contribution is 2.30. The minimum atomic E-state index is -4.01. The molecule has 1 aliphatic heterocycles. The molecule has 2 aromatic rings. The second kappa shape index (κ2) is 10.2. The van der Waals surface area contributed by atoms with E-state index in [1.807, 2.05) is 58.9 Å². The summed E-state index contributed by atoms with van der Waals surface area (Å²) < 4.78 is 26.5. The zero-order valence-corrected chi connectivity index (χ0v) is 21.7. The van der Waals surface area contributed by atoms with Gasteiger partial charge in [-0.05, 0) is 51.8 Å². The molecule has 35 heavy (non-hydrogen) atoms. The molecular weight excluding hydrogens is 466 g/mol. The summed E-state index contributed by atoms with van der Waals surface area (Å²) in [6.07, 6.45) is 0.149. The lowest BCUT2D eigenvalue weighted by molar-refractivity contribution is -0.142. The quantitative estimate of drug-likeness (QED) is 0.601. The molecule has 0 spiro atoms. The number of hydrogen-bond donors (Lipinski definition) is 1. The Kier molecular flexibility index (Phi) is 7.69. The van der Waals surface area contributed by atoms with Crippen molar-refractivity contribution in [1.29, 1.82) is 0 Å². The molecule has 0 radical (unpaired) electrons. The SMILES string of the molecule is CC[C@H](C(=O)NC(C)(C)C)N(Cc1ccc(C)cc1)C(=O)CCN1C(=O)c2ccccc2S1(=O)=O. The van der Waals surface area contributed by atoms with Crippen molar-refractivity contribution in [2.45, 2.75) is 70.5 Å². The number of hydrogen-bond acceptors (Lipinski definition) is 5. The van der Waals surface area contributed by atoms with Gasteiger partial charge in [0.05, 0.1) is 5.56 Å². The van der Waals surface area contributed by atoms with Gasteiger partial charge >= 0.3 is 0 Å². The summed E-state index contributed by atoms with van der Waals surface area (Å²) in [5.74, 6) is -1.32. The molecule has 3 rings (SSSR count). The number of carbonyl (C=O) groups excluding carboxylic acids is 3. The topological polar surface area (TPSA) is 104 Å². The highest BCUT2D eigenvalue weighted by atomic mass is 32.2. The van der Waals surface area contributed by atoms with Gasteiger partial charge in [0.25, 0.3) is 15.9 Å². The Morgan fingerprint density at radius 3 is 2.26 bits per heavy atom. The number of aryl methyl sites for hydroxylation is 1. The maximum atomic E-state index is 13.4. The van der Waals surface area contributed by atoms with Gasteiger partial charge in [0.2, 0.25) is 11.8 Å². The van der Waals surface area contributed by atoms with E-state index in [2.05, 4.69) is 5.32 Å². The monoisotopic (exact) mass is 499 g/mol. The highest BCUT2D eigenvalue weighted by Gasteiger charge is 2.41. The fourth-order valence-electron chi connectivity index (χ4n) is 4.06. The fraction of sp³-hybridized carbons (Fsp3) is 0.423. The number of benzene rings is 2. The standard InChI is InChI=1S/C26H33N3O5S/c1-6-21(24(31)27-26(3,4)5)28(17-19-13-11-18(2)12-14-19)23(30)15-16-29-25(32)20-9-7-8-10-22(20)35(29,33)34/h7-14,21H,6,15-17H2,1-5H3,(H,27,31)/t21-/m1/s1. The Hall–Kier alpha value is -3.20. The Morgan fingerprint density at radius 2 is 1.69 bits per heavy atom. The van der Waals surface area contributed by atoms with Crippen LogP contribution in [-0.2, 0) is 26.2 Å². The first-order valence-electron chi connectivity index (χ1n) is 11.7. The first-order chi connectivity index (χ1) is 16.3. The molecule has 9 heteroatoms. The number of nitrogens with one attached hydrogen (secondary N) is 1. The van der Waals surface area contributed by atoms with E-state index >= 15 is 0 Å². The van der Waals surface area contributed by atoms with Crippen LogP contribution in [0.25, 0.3) is 0 Å². The molecule has 1 heterocycles. The van der Waals surface area contributed by atoms with Gasteiger partial charge in [-0.1, -0.05) is 48.9 Å². The van der Waals surface area contributed by atoms with E-state index in [4.69, 9.17) is 0 Å². The zero-order chi connectivity index (χ0) is 26.0. The minimum Gasteiger partial charge on any atom is -0.350 e. The van der Waals surface area contributed by atoms with Gasteiger partial charge in [0, 0.05) is 25.0 Å². The number of amides is 3. The maximum absolute atomic E-state index is 13.4. The van der Waals surface area contributed by atoms with Gasteiger partial charge in [-0.25, -0.2) is 12.7 Å². The smallest absolute Gasteiger partial charge is 0.269 e. The zero-order valence-electron chi connectivity index (χ0n) is 20.9. The summed E-state index contributed by atoms with van der Waals surface area (Å²) in [7, 11) is -4.01. The summed E-state index contributed by atoms with van der Waals surface area (Å²) in [5.41, 5.74) is 1.54. The molecule has 188 valence electrons. The lowest BCUT2D eigenvalue weighted by atomic mass is 10.0. The predicted octanol–water partition coefficient (Wildman–Crippen LogP) is 3.25. The van der Waals surface area contributed by atoms with Crippen LogP contribution >= 0.6 is 0 Å². The number of rotatable bonds is 8. The van der Waals surface area contributed by atoms with Crippen molar-refractivity contribution in [2.24, 2.45) is 0 Å². The molecule has 1 N–H and O–H groups in total. The Labute approximate surface area is 207 Å². The van der Waals surface area contributed by atoms with Gasteiger partial charge < -0.3 is 10.2 Å². The number of fused-ring (bicyclic) bond motifs is 1. The predicted molar refractivity (Wildman–Crippen MR) is 133 cm³/mol. The molecule has 8 nitrogen and oxygen atoms in total. The second-order valence-corrected chi connectivity index (χ2v) is 11.6. The molecule has 0 fully saturated rings. The van der Waals surface area contributed by atoms with Crippen molar-refractivity contribution in [3.8, 4) is 0 Å². The summed E-state index contributed by atoms with van der Waals surface area (Å²) >= 11 is 0. The lowest BCUT2D eigenvalue weighted by Gasteiger charge is -2.33. The average molecular weight is 500 g/mol. The molecule has 1 aliphatic rings. The average Bonchev–Trinajstić information content (AvgIpc) is 2.97. The van der Waals surface area contributed by atoms with Gasteiger partial charge in [-0.3, -0.25) is 14.4 Å². The number of sulfonamides is 1. The van der Waals surface area contributed by atoms with E-state index in [9.17, 15) is 22.8 Å². The van der Waals surface area contributed by atoms with Crippen molar-refractivity contribution < 1.29 is 22.8 Å². The third-order valence-corrected chi connectivity index (χ3v) is 7.64. The van der Waals surface area contributed by atoms with Gasteiger partial charge in [0.1, 0.15) is 10.9 Å². The van der Waals surface area contributed by atoms with E-state index in [0.717, 1.165) is 15.4 Å². The van der Waals surface area contributed by atoms with Crippen LogP contribution in [0.15, 0.2) is 53.4 Å². The highest BCUT2D eigenvalue weighted by molar-refractivity contribution is 7.90. The Morgan fingerprint density at radius 1 is 1.06 bits per heavy atom. The van der Waals surface area contributed by atoms with Crippen LogP contribution in [0.5, 0.6) is 0 Å². The fourth-order valence-corrected chi connectivity index (χ4v) is 5.63. The second-order valence-electron chi connectivity index (χ2n) is 9.80. The molecule has 1 atom stereocenters. The van der Waals surface area contributed by atoms with Crippen LogP contribution in [0.3, 0.4) is 0 Å². The third kappa shape index (κ3) is 5.90. The molecule has 0 bridgehead atoms. The first-order valence-corrected chi connectivity index (χ1v) is 13.1. The summed E-state index contributed by atoms with van der Waals surface area (Å²) in [5, 5.41) is 2.94. The van der Waals surface area contributed by atoms with Crippen molar-refractivity contribution in [3.05, 3.63) is 65.2 Å². The van der Waals surface area contributed by atoms with Crippen molar-refractivity contribution >= 4 is 27.7 Å². The largest absolute Gasteiger partial charge is 0.350 e. The molecule has 0 unspecified atom stereocenters. The summed E-state index contributed by atoms with van der Waals surface area (Å²) in [4.78, 5) is 40.7. The van der Waals surface area contributed by atoms with Crippen LogP contribution in [0.2, 0.25) is 0 Å². The van der Waals surface area contributed by atoms with E-state index in [0.29, 0.717) is 6.42 Å². The van der Waals surface area contributed by atoms with E-state index in [1.165, 1.54) is 17.0 Å². The van der Waals surface area contributed by atoms with Crippen molar-refractivity contribution in [2.75, 3.05) is 6.54 Å². The Bertz CT molecular complexity index is 1220. The maximum Gasteiger partial charge on any atom is 0.269 e. The molecule has 2 aromatic carbocycles. The molecular formula is C26H33N3O5S. The van der Waals surface area contributed by atoms with E-state index in [1.54, 1.807) is 12.1 Å². The first kappa shape index (κ1) is 26.4. The molecule has 0 saturated carbocycles. The van der Waals surface area contributed by atoms with E-state index in [-0.39, 0.29) is 35.9 Å². The van der Waals surface area contributed by atoms with E-state index < -0.39 is 33.4 Å². The van der Waals surface area contributed by atoms with Gasteiger partial charge in [-0.15, -0.1) is 0 Å².